The number of alkyl halides is 3. The van der Waals surface area contributed by atoms with Gasteiger partial charge in [-0.2, -0.15) is 13.2 Å². The fraction of sp³-hybridized carbons (Fsp3) is 0.250. The van der Waals surface area contributed by atoms with Crippen LogP contribution in [-0.4, -0.2) is 39.5 Å². The zero-order valence-electron chi connectivity index (χ0n) is 15.8. The SMILES string of the molecule is COc1ccc2c(c1)CN(C(=O)c1nnn(-c3cccc(F)c3)c1C(F)(F)F)CC2. The molecule has 156 valence electrons. The molecular weight excluding hydrogens is 404 g/mol. The summed E-state index contributed by atoms with van der Waals surface area (Å²) in [6, 6.07) is 9.91. The number of nitrogens with zero attached hydrogens (tertiary/aromatic N) is 4. The molecule has 0 saturated carbocycles. The van der Waals surface area contributed by atoms with Crippen LogP contribution in [0.2, 0.25) is 0 Å². The Kier molecular flexibility index (Phi) is 4.92. The second kappa shape index (κ2) is 7.43. The minimum Gasteiger partial charge on any atom is -0.497 e. The van der Waals surface area contributed by atoms with Gasteiger partial charge in [-0.05, 0) is 47.9 Å². The van der Waals surface area contributed by atoms with E-state index in [-0.39, 0.29) is 18.8 Å². The summed E-state index contributed by atoms with van der Waals surface area (Å²) >= 11 is 0. The Balaban J connectivity index is 1.71. The van der Waals surface area contributed by atoms with Crippen LogP contribution in [0.4, 0.5) is 17.6 Å². The zero-order chi connectivity index (χ0) is 21.5. The van der Waals surface area contributed by atoms with Gasteiger partial charge in [0, 0.05) is 13.1 Å². The molecule has 0 unspecified atom stereocenters. The fourth-order valence-electron chi connectivity index (χ4n) is 3.45. The van der Waals surface area contributed by atoms with Crippen LogP contribution in [0, 0.1) is 5.82 Å². The number of methoxy groups -OCH3 is 1. The average Bonchev–Trinajstić information content (AvgIpc) is 3.18. The van der Waals surface area contributed by atoms with Crippen molar-refractivity contribution >= 4 is 5.91 Å². The smallest absolute Gasteiger partial charge is 0.435 e. The molecule has 0 fully saturated rings. The van der Waals surface area contributed by atoms with Crippen molar-refractivity contribution in [1.29, 1.82) is 0 Å². The summed E-state index contributed by atoms with van der Waals surface area (Å²) < 4.78 is 60.6. The predicted molar refractivity (Wildman–Crippen MR) is 97.8 cm³/mol. The van der Waals surface area contributed by atoms with Gasteiger partial charge in [-0.3, -0.25) is 4.79 Å². The molecule has 2 aromatic carbocycles. The lowest BCUT2D eigenvalue weighted by Gasteiger charge is -2.28. The number of ether oxygens (including phenoxy) is 1. The normalized spacial score (nSPS) is 13.8. The number of hydrogen-bond donors (Lipinski definition) is 0. The van der Waals surface area contributed by atoms with Gasteiger partial charge in [-0.15, -0.1) is 5.10 Å². The molecule has 0 bridgehead atoms. The van der Waals surface area contributed by atoms with Crippen molar-refractivity contribution in [2.75, 3.05) is 13.7 Å². The van der Waals surface area contributed by atoms with E-state index in [9.17, 15) is 22.4 Å². The van der Waals surface area contributed by atoms with Crippen LogP contribution in [0.3, 0.4) is 0 Å². The molecular formula is C20H16F4N4O2. The molecule has 0 spiro atoms. The minimum atomic E-state index is -4.92. The first-order valence-corrected chi connectivity index (χ1v) is 9.02. The zero-order valence-corrected chi connectivity index (χ0v) is 15.8. The highest BCUT2D eigenvalue weighted by Gasteiger charge is 2.43. The monoisotopic (exact) mass is 420 g/mol. The standard InChI is InChI=1S/C20H16F4N4O2/c1-30-16-6-5-12-7-8-27(11-13(12)9-16)19(29)17-18(20(22,23)24)28(26-25-17)15-4-2-3-14(21)10-15/h2-6,9-10H,7-8,11H2,1H3. The highest BCUT2D eigenvalue weighted by atomic mass is 19.4. The van der Waals surface area contributed by atoms with Crippen molar-refractivity contribution < 1.29 is 27.1 Å². The number of amides is 1. The van der Waals surface area contributed by atoms with Crippen LogP contribution in [0.5, 0.6) is 5.75 Å². The number of hydrogen-bond acceptors (Lipinski definition) is 4. The first-order chi connectivity index (χ1) is 14.3. The Labute approximate surface area is 168 Å². The van der Waals surface area contributed by atoms with Crippen molar-refractivity contribution in [3.8, 4) is 11.4 Å². The van der Waals surface area contributed by atoms with E-state index in [1.165, 1.54) is 24.1 Å². The number of benzene rings is 2. The van der Waals surface area contributed by atoms with E-state index in [0.717, 1.165) is 23.3 Å². The van der Waals surface area contributed by atoms with Crippen molar-refractivity contribution in [2.24, 2.45) is 0 Å². The van der Waals surface area contributed by atoms with E-state index in [1.54, 1.807) is 12.1 Å². The maximum atomic E-state index is 13.8. The van der Waals surface area contributed by atoms with Crippen LogP contribution >= 0.6 is 0 Å². The summed E-state index contributed by atoms with van der Waals surface area (Å²) in [6.07, 6.45) is -4.43. The Morgan fingerprint density at radius 3 is 2.63 bits per heavy atom. The predicted octanol–water partition coefficient (Wildman–Crippen LogP) is 3.63. The molecule has 0 atom stereocenters. The van der Waals surface area contributed by atoms with E-state index in [1.807, 2.05) is 6.07 Å². The van der Waals surface area contributed by atoms with Crippen LogP contribution in [0.15, 0.2) is 42.5 Å². The van der Waals surface area contributed by atoms with Crippen molar-refractivity contribution in [1.82, 2.24) is 19.9 Å². The van der Waals surface area contributed by atoms with Crippen molar-refractivity contribution in [2.45, 2.75) is 19.1 Å². The van der Waals surface area contributed by atoms with Crippen molar-refractivity contribution in [3.63, 3.8) is 0 Å². The van der Waals surface area contributed by atoms with Gasteiger partial charge < -0.3 is 9.64 Å². The molecule has 0 radical (unpaired) electrons. The largest absolute Gasteiger partial charge is 0.497 e. The quantitative estimate of drug-likeness (QED) is 0.608. The van der Waals surface area contributed by atoms with Gasteiger partial charge in [0.15, 0.2) is 11.4 Å². The Bertz CT molecular complexity index is 1110. The van der Waals surface area contributed by atoms with Gasteiger partial charge in [0.05, 0.1) is 12.8 Å². The summed E-state index contributed by atoms with van der Waals surface area (Å²) in [7, 11) is 1.51. The molecule has 1 aliphatic rings. The minimum absolute atomic E-state index is 0.121. The second-order valence-corrected chi connectivity index (χ2v) is 6.79. The number of aromatic nitrogens is 3. The van der Waals surface area contributed by atoms with Gasteiger partial charge in [0.25, 0.3) is 5.91 Å². The third-order valence-electron chi connectivity index (χ3n) is 4.91. The van der Waals surface area contributed by atoms with E-state index >= 15 is 0 Å². The third-order valence-corrected chi connectivity index (χ3v) is 4.91. The summed E-state index contributed by atoms with van der Waals surface area (Å²) in [5, 5.41) is 7.00. The van der Waals surface area contributed by atoms with Gasteiger partial charge in [-0.1, -0.05) is 17.3 Å². The second-order valence-electron chi connectivity index (χ2n) is 6.79. The summed E-state index contributed by atoms with van der Waals surface area (Å²) in [4.78, 5) is 14.2. The first-order valence-electron chi connectivity index (χ1n) is 9.02. The third kappa shape index (κ3) is 3.60. The number of carbonyl (C=O) groups is 1. The first kappa shape index (κ1) is 19.9. The number of fused-ring (bicyclic) bond motifs is 1. The molecule has 4 rings (SSSR count). The molecule has 2 heterocycles. The van der Waals surface area contributed by atoms with Gasteiger partial charge in [0.2, 0.25) is 0 Å². The molecule has 1 aromatic heterocycles. The molecule has 10 heteroatoms. The topological polar surface area (TPSA) is 60.2 Å². The van der Waals surface area contributed by atoms with E-state index < -0.39 is 29.3 Å². The highest BCUT2D eigenvalue weighted by molar-refractivity contribution is 5.93. The van der Waals surface area contributed by atoms with Crippen LogP contribution < -0.4 is 4.74 Å². The summed E-state index contributed by atoms with van der Waals surface area (Å²) in [5.41, 5.74) is -0.547. The molecule has 0 aliphatic carbocycles. The molecule has 1 aliphatic heterocycles. The average molecular weight is 420 g/mol. The van der Waals surface area contributed by atoms with Crippen LogP contribution in [0.25, 0.3) is 5.69 Å². The van der Waals surface area contributed by atoms with Gasteiger partial charge in [0.1, 0.15) is 11.6 Å². The lowest BCUT2D eigenvalue weighted by molar-refractivity contribution is -0.143. The molecule has 0 N–H and O–H groups in total. The maximum Gasteiger partial charge on any atom is 0.435 e. The molecule has 3 aromatic rings. The van der Waals surface area contributed by atoms with Crippen molar-refractivity contribution in [3.05, 3.63) is 70.8 Å². The van der Waals surface area contributed by atoms with Crippen LogP contribution in [0.1, 0.15) is 27.3 Å². The Hall–Kier alpha value is -3.43. The summed E-state index contributed by atoms with van der Waals surface area (Å²) in [5.74, 6) is -1.03. The molecule has 30 heavy (non-hydrogen) atoms. The molecule has 6 nitrogen and oxygen atoms in total. The Morgan fingerprint density at radius 2 is 1.93 bits per heavy atom. The van der Waals surface area contributed by atoms with Crippen LogP contribution in [-0.2, 0) is 19.1 Å². The van der Waals surface area contributed by atoms with E-state index in [2.05, 4.69) is 10.3 Å². The Morgan fingerprint density at radius 1 is 1.13 bits per heavy atom. The van der Waals surface area contributed by atoms with E-state index in [0.29, 0.717) is 16.9 Å². The number of rotatable bonds is 3. The van der Waals surface area contributed by atoms with E-state index in [4.69, 9.17) is 4.74 Å². The highest BCUT2D eigenvalue weighted by Crippen LogP contribution is 2.34. The maximum absolute atomic E-state index is 13.8. The number of carbonyl (C=O) groups excluding carboxylic acids is 1. The van der Waals surface area contributed by atoms with Gasteiger partial charge >= 0.3 is 6.18 Å². The lowest BCUT2D eigenvalue weighted by atomic mass is 9.99. The molecule has 0 saturated heterocycles. The summed E-state index contributed by atoms with van der Waals surface area (Å²) in [6.45, 7) is 0.359. The fourth-order valence-corrected chi connectivity index (χ4v) is 3.45. The van der Waals surface area contributed by atoms with Gasteiger partial charge in [-0.25, -0.2) is 9.07 Å². The number of halogens is 4. The lowest BCUT2D eigenvalue weighted by Crippen LogP contribution is -2.37. The molecule has 1 amide bonds.